The quantitative estimate of drug-likeness (QED) is 0.517. The van der Waals surface area contributed by atoms with Gasteiger partial charge >= 0.3 is 0 Å². The van der Waals surface area contributed by atoms with Crippen LogP contribution in [0.5, 0.6) is 0 Å². The summed E-state index contributed by atoms with van der Waals surface area (Å²) in [4.78, 5) is 12.9. The van der Waals surface area contributed by atoms with Crippen LogP contribution in [-0.4, -0.2) is 26.0 Å². The highest BCUT2D eigenvalue weighted by Gasteiger charge is 2.15. The average Bonchev–Trinajstić information content (AvgIpc) is 3.31. The van der Waals surface area contributed by atoms with E-state index in [1.165, 1.54) is 29.9 Å². The molecule has 0 unspecified atom stereocenters. The van der Waals surface area contributed by atoms with E-state index in [0.29, 0.717) is 10.7 Å². The van der Waals surface area contributed by atoms with E-state index >= 15 is 0 Å². The Morgan fingerprint density at radius 1 is 1.04 bits per heavy atom. The molecule has 0 bridgehead atoms. The van der Waals surface area contributed by atoms with E-state index in [0.717, 1.165) is 16.3 Å². The van der Waals surface area contributed by atoms with Crippen LogP contribution in [0.25, 0.3) is 16.3 Å². The topological polar surface area (TPSA) is 56.0 Å². The van der Waals surface area contributed by atoms with Gasteiger partial charge in [-0.3, -0.25) is 0 Å². The van der Waals surface area contributed by atoms with Crippen LogP contribution in [0.2, 0.25) is 0 Å². The number of benzene rings is 2. The first kappa shape index (κ1) is 15.3. The summed E-state index contributed by atoms with van der Waals surface area (Å²) < 4.78 is 15.4. The van der Waals surface area contributed by atoms with Crippen molar-refractivity contribution in [3.8, 4) is 16.3 Å². The van der Waals surface area contributed by atoms with Gasteiger partial charge in [0, 0.05) is 17.3 Å². The number of hydrogen-bond donors (Lipinski definition) is 0. The highest BCUT2D eigenvalue weighted by atomic mass is 32.1. The lowest BCUT2D eigenvalue weighted by atomic mass is 10.2. The third-order valence-electron chi connectivity index (χ3n) is 3.49. The fourth-order valence-corrected chi connectivity index (χ4v) is 3.18. The number of aromatic nitrogens is 4. The maximum Gasteiger partial charge on any atom is 0.211 e. The van der Waals surface area contributed by atoms with Gasteiger partial charge in [0.1, 0.15) is 29.2 Å². The van der Waals surface area contributed by atoms with E-state index in [1.54, 1.807) is 29.2 Å². The van der Waals surface area contributed by atoms with E-state index in [-0.39, 0.29) is 5.82 Å². The van der Waals surface area contributed by atoms with Gasteiger partial charge in [0.25, 0.3) is 0 Å². The maximum absolute atomic E-state index is 13.7. The molecule has 0 aliphatic carbocycles. The highest BCUT2D eigenvalue weighted by molar-refractivity contribution is 7.18. The third kappa shape index (κ3) is 3.22. The molecule has 0 aliphatic heterocycles. The third-order valence-corrected chi connectivity index (χ3v) is 4.44. The first-order valence-electron chi connectivity index (χ1n) is 7.51. The summed E-state index contributed by atoms with van der Waals surface area (Å²) in [6, 6.07) is 16.3. The van der Waals surface area contributed by atoms with Gasteiger partial charge < -0.3 is 0 Å². The molecule has 7 heteroatoms. The van der Waals surface area contributed by atoms with Crippen LogP contribution in [0.15, 0.2) is 72.2 Å². The average molecular weight is 349 g/mol. The number of thiazole rings is 1. The molecular formula is C18H12FN5S. The molecule has 0 N–H and O–H groups in total. The van der Waals surface area contributed by atoms with Gasteiger partial charge in [-0.15, -0.1) is 0 Å². The molecule has 0 radical (unpaired) electrons. The zero-order chi connectivity index (χ0) is 17.1. The summed E-state index contributed by atoms with van der Waals surface area (Å²) in [7, 11) is 0. The van der Waals surface area contributed by atoms with Gasteiger partial charge in [-0.25, -0.2) is 24.0 Å². The van der Waals surface area contributed by atoms with Crippen molar-refractivity contribution in [1.82, 2.24) is 19.7 Å². The van der Waals surface area contributed by atoms with Crippen LogP contribution in [0.4, 0.5) is 9.52 Å². The minimum Gasteiger partial charge on any atom is -0.227 e. The molecule has 0 saturated heterocycles. The van der Waals surface area contributed by atoms with Crippen molar-refractivity contribution in [1.29, 1.82) is 0 Å². The number of hydrogen-bond acceptors (Lipinski definition) is 5. The van der Waals surface area contributed by atoms with Crippen molar-refractivity contribution in [2.75, 3.05) is 0 Å². The van der Waals surface area contributed by atoms with E-state index in [1.807, 2.05) is 30.3 Å². The SMILES string of the molecule is Fc1ccccc1C=Nc1nc(-c2ccccc2)c(-n2cncn2)s1. The van der Waals surface area contributed by atoms with Crippen molar-refractivity contribution in [2.24, 2.45) is 4.99 Å². The van der Waals surface area contributed by atoms with E-state index in [4.69, 9.17) is 0 Å². The Kier molecular flexibility index (Phi) is 4.14. The zero-order valence-corrected chi connectivity index (χ0v) is 13.8. The number of halogens is 1. The Bertz CT molecular complexity index is 1010. The largest absolute Gasteiger partial charge is 0.227 e. The Labute approximate surface area is 147 Å². The molecule has 2 aromatic carbocycles. The van der Waals surface area contributed by atoms with Crippen LogP contribution in [0, 0.1) is 5.82 Å². The highest BCUT2D eigenvalue weighted by Crippen LogP contribution is 2.35. The standard InChI is InChI=1S/C18H12FN5S/c19-15-9-5-4-8-14(15)10-21-18-23-16(13-6-2-1-3-7-13)17(25-18)24-12-20-11-22-24/h1-12H. The molecule has 0 fully saturated rings. The molecule has 0 spiro atoms. The molecular weight excluding hydrogens is 337 g/mol. The number of aliphatic imine (C=N–C) groups is 1. The Balaban J connectivity index is 1.76. The van der Waals surface area contributed by atoms with Gasteiger partial charge in [0.15, 0.2) is 0 Å². The Hall–Kier alpha value is -3.19. The normalized spacial score (nSPS) is 11.2. The summed E-state index contributed by atoms with van der Waals surface area (Å²) in [5.74, 6) is -0.317. The second kappa shape index (κ2) is 6.74. The van der Waals surface area contributed by atoms with E-state index in [9.17, 15) is 4.39 Å². The van der Waals surface area contributed by atoms with Gasteiger partial charge in [-0.2, -0.15) is 5.10 Å². The second-order valence-corrected chi connectivity index (χ2v) is 6.09. The van der Waals surface area contributed by atoms with Crippen LogP contribution in [0.1, 0.15) is 5.56 Å². The van der Waals surface area contributed by atoms with Gasteiger partial charge in [-0.05, 0) is 6.07 Å². The molecule has 0 saturated carbocycles. The first-order chi connectivity index (χ1) is 12.3. The molecule has 5 nitrogen and oxygen atoms in total. The second-order valence-electron chi connectivity index (χ2n) is 5.14. The molecule has 2 heterocycles. The molecule has 2 aromatic heterocycles. The molecule has 122 valence electrons. The van der Waals surface area contributed by atoms with Crippen LogP contribution >= 0.6 is 11.3 Å². The molecule has 4 rings (SSSR count). The van der Waals surface area contributed by atoms with Crippen molar-refractivity contribution in [3.63, 3.8) is 0 Å². The maximum atomic E-state index is 13.7. The fourth-order valence-electron chi connectivity index (χ4n) is 2.31. The van der Waals surface area contributed by atoms with Crippen LogP contribution < -0.4 is 0 Å². The molecule has 0 aliphatic rings. The van der Waals surface area contributed by atoms with Gasteiger partial charge in [0.2, 0.25) is 5.13 Å². The summed E-state index contributed by atoms with van der Waals surface area (Å²) in [5, 5.41) is 5.51. The van der Waals surface area contributed by atoms with Crippen molar-refractivity contribution in [3.05, 3.63) is 78.6 Å². The molecule has 25 heavy (non-hydrogen) atoms. The van der Waals surface area contributed by atoms with Crippen molar-refractivity contribution >= 4 is 22.7 Å². The first-order valence-corrected chi connectivity index (χ1v) is 8.33. The minimum atomic E-state index is -0.317. The van der Waals surface area contributed by atoms with Gasteiger partial charge in [0.05, 0.1) is 0 Å². The fraction of sp³-hybridized carbons (Fsp3) is 0. The lowest BCUT2D eigenvalue weighted by Gasteiger charge is -2.00. The molecule has 4 aromatic rings. The Morgan fingerprint density at radius 3 is 2.60 bits per heavy atom. The summed E-state index contributed by atoms with van der Waals surface area (Å²) in [6.45, 7) is 0. The van der Waals surface area contributed by atoms with Gasteiger partial charge in [-0.1, -0.05) is 59.9 Å². The van der Waals surface area contributed by atoms with Crippen LogP contribution in [-0.2, 0) is 0 Å². The predicted molar refractivity (Wildman–Crippen MR) is 96.1 cm³/mol. The van der Waals surface area contributed by atoms with Crippen molar-refractivity contribution in [2.45, 2.75) is 0 Å². The number of nitrogens with zero attached hydrogens (tertiary/aromatic N) is 5. The summed E-state index contributed by atoms with van der Waals surface area (Å²) in [6.07, 6.45) is 4.56. The molecule has 0 amide bonds. The van der Waals surface area contributed by atoms with E-state index in [2.05, 4.69) is 20.1 Å². The van der Waals surface area contributed by atoms with E-state index < -0.39 is 0 Å². The smallest absolute Gasteiger partial charge is 0.211 e. The van der Waals surface area contributed by atoms with Crippen molar-refractivity contribution < 1.29 is 4.39 Å². The summed E-state index contributed by atoms with van der Waals surface area (Å²) >= 11 is 1.37. The summed E-state index contributed by atoms with van der Waals surface area (Å²) in [5.41, 5.74) is 2.13. The minimum absolute atomic E-state index is 0.317. The van der Waals surface area contributed by atoms with Crippen LogP contribution in [0.3, 0.4) is 0 Å². The lowest BCUT2D eigenvalue weighted by molar-refractivity contribution is 0.626. The number of rotatable bonds is 4. The predicted octanol–water partition coefficient (Wildman–Crippen LogP) is 4.28. The molecule has 0 atom stereocenters. The zero-order valence-electron chi connectivity index (χ0n) is 13.0. The lowest BCUT2D eigenvalue weighted by Crippen LogP contribution is -1.93. The Morgan fingerprint density at radius 2 is 1.84 bits per heavy atom. The monoisotopic (exact) mass is 349 g/mol.